The van der Waals surface area contributed by atoms with Gasteiger partial charge < -0.3 is 5.32 Å². The highest BCUT2D eigenvalue weighted by molar-refractivity contribution is 7.83. The number of benzene rings is 1. The molecular weight excluding hydrogens is 298 g/mol. The van der Waals surface area contributed by atoms with Crippen LogP contribution in [0.5, 0.6) is 0 Å². The Hall–Kier alpha value is -1.95. The highest BCUT2D eigenvalue weighted by atomic mass is 32.2. The second-order valence-electron chi connectivity index (χ2n) is 5.61. The van der Waals surface area contributed by atoms with Gasteiger partial charge in [-0.25, -0.2) is 4.68 Å². The Morgan fingerprint density at radius 2 is 2.14 bits per heavy atom. The molecule has 0 radical (unpaired) electrons. The lowest BCUT2D eigenvalue weighted by Crippen LogP contribution is -2.15. The molecule has 3 rings (SSSR count). The molecule has 2 heterocycles. The van der Waals surface area contributed by atoms with Crippen molar-refractivity contribution in [2.45, 2.75) is 38.7 Å². The van der Waals surface area contributed by atoms with Crippen LogP contribution in [0.3, 0.4) is 0 Å². The van der Waals surface area contributed by atoms with Gasteiger partial charge in [0, 0.05) is 22.8 Å². The van der Waals surface area contributed by atoms with Crippen LogP contribution in [-0.4, -0.2) is 19.9 Å². The molecule has 1 amide bonds. The van der Waals surface area contributed by atoms with Gasteiger partial charge in [0.25, 0.3) is 0 Å². The largest absolute Gasteiger partial charge is 0.310 e. The normalized spacial score (nSPS) is 16.6. The average molecular weight is 317 g/mol. The third-order valence-electron chi connectivity index (χ3n) is 3.83. The van der Waals surface area contributed by atoms with Crippen molar-refractivity contribution in [1.29, 1.82) is 0 Å². The Morgan fingerprint density at radius 3 is 2.82 bits per heavy atom. The van der Waals surface area contributed by atoms with Crippen molar-refractivity contribution in [3.8, 4) is 5.69 Å². The summed E-state index contributed by atoms with van der Waals surface area (Å²) in [5.41, 5.74) is 4.94. The molecule has 0 bridgehead atoms. The quantitative estimate of drug-likeness (QED) is 0.946. The number of hydrogen-bond acceptors (Lipinski definition) is 3. The Labute approximate surface area is 132 Å². The molecular formula is C16H19N3O2S. The molecule has 1 aliphatic heterocycles. The molecule has 1 aromatic carbocycles. The average Bonchev–Trinajstić information content (AvgIpc) is 2.96. The van der Waals surface area contributed by atoms with Gasteiger partial charge >= 0.3 is 0 Å². The summed E-state index contributed by atoms with van der Waals surface area (Å²) in [6, 6.07) is 6.12. The Balaban J connectivity index is 2.13. The summed E-state index contributed by atoms with van der Waals surface area (Å²) in [5.74, 6) is 1.52. The summed E-state index contributed by atoms with van der Waals surface area (Å²) >= 11 is 0. The standard InChI is InChI=1S/C16H19N3O2S/c1-4-15(20)17-16-12-8-22(21)9-13(12)18-19(16)14-6-5-10(2)7-11(14)3/h5-7H,4,8-9H2,1-3H3,(H,17,20). The first kappa shape index (κ1) is 15.0. The number of rotatable bonds is 3. The van der Waals surface area contributed by atoms with E-state index in [-0.39, 0.29) is 5.91 Å². The zero-order chi connectivity index (χ0) is 15.9. The number of hydrogen-bond donors (Lipinski definition) is 1. The van der Waals surface area contributed by atoms with E-state index in [9.17, 15) is 9.00 Å². The maximum absolute atomic E-state index is 11.9. The second kappa shape index (κ2) is 5.68. The van der Waals surface area contributed by atoms with Gasteiger partial charge in [-0.05, 0) is 25.5 Å². The zero-order valence-corrected chi connectivity index (χ0v) is 13.8. The van der Waals surface area contributed by atoms with Gasteiger partial charge in [-0.1, -0.05) is 24.6 Å². The van der Waals surface area contributed by atoms with E-state index >= 15 is 0 Å². The lowest BCUT2D eigenvalue weighted by atomic mass is 10.1. The predicted molar refractivity (Wildman–Crippen MR) is 87.5 cm³/mol. The molecule has 0 saturated carbocycles. The van der Waals surface area contributed by atoms with E-state index < -0.39 is 10.8 Å². The maximum atomic E-state index is 11.9. The topological polar surface area (TPSA) is 64.0 Å². The molecule has 1 aliphatic rings. The Bertz CT molecular complexity index is 780. The molecule has 1 aromatic heterocycles. The lowest BCUT2D eigenvalue weighted by molar-refractivity contribution is -0.115. The summed E-state index contributed by atoms with van der Waals surface area (Å²) in [6.07, 6.45) is 0.399. The van der Waals surface area contributed by atoms with E-state index in [4.69, 9.17) is 0 Å². The van der Waals surface area contributed by atoms with Crippen LogP contribution in [0, 0.1) is 13.8 Å². The van der Waals surface area contributed by atoms with Gasteiger partial charge in [0.2, 0.25) is 5.91 Å². The van der Waals surface area contributed by atoms with Gasteiger partial charge in [0.05, 0.1) is 22.9 Å². The van der Waals surface area contributed by atoms with Crippen LogP contribution in [0.25, 0.3) is 5.69 Å². The molecule has 5 nitrogen and oxygen atoms in total. The Morgan fingerprint density at radius 1 is 1.36 bits per heavy atom. The van der Waals surface area contributed by atoms with Gasteiger partial charge in [-0.3, -0.25) is 9.00 Å². The smallest absolute Gasteiger partial charge is 0.225 e. The number of carbonyl (C=O) groups excluding carboxylic acids is 1. The first-order valence-corrected chi connectivity index (χ1v) is 8.81. The minimum Gasteiger partial charge on any atom is -0.310 e. The van der Waals surface area contributed by atoms with Crippen molar-refractivity contribution in [2.75, 3.05) is 5.32 Å². The van der Waals surface area contributed by atoms with E-state index in [1.807, 2.05) is 32.9 Å². The van der Waals surface area contributed by atoms with Crippen LogP contribution in [0.4, 0.5) is 5.82 Å². The molecule has 116 valence electrons. The van der Waals surface area contributed by atoms with E-state index in [2.05, 4.69) is 16.5 Å². The summed E-state index contributed by atoms with van der Waals surface area (Å²) < 4.78 is 13.6. The third-order valence-corrected chi connectivity index (χ3v) is 5.04. The second-order valence-corrected chi connectivity index (χ2v) is 7.06. The number of fused-ring (bicyclic) bond motifs is 1. The zero-order valence-electron chi connectivity index (χ0n) is 13.0. The van der Waals surface area contributed by atoms with Gasteiger partial charge in [-0.15, -0.1) is 0 Å². The summed E-state index contributed by atoms with van der Waals surface area (Å²) in [6.45, 7) is 5.88. The third kappa shape index (κ3) is 2.59. The van der Waals surface area contributed by atoms with Crippen LogP contribution in [0.15, 0.2) is 18.2 Å². The minimum atomic E-state index is -0.916. The number of nitrogens with zero attached hydrogens (tertiary/aromatic N) is 2. The van der Waals surface area contributed by atoms with Crippen molar-refractivity contribution in [2.24, 2.45) is 0 Å². The number of nitrogens with one attached hydrogen (secondary N) is 1. The van der Waals surface area contributed by atoms with Gasteiger partial charge in [0.15, 0.2) is 0 Å². The molecule has 0 saturated heterocycles. The highest BCUT2D eigenvalue weighted by Crippen LogP contribution is 2.32. The van der Waals surface area contributed by atoms with E-state index in [1.54, 1.807) is 4.68 Å². The minimum absolute atomic E-state index is 0.0635. The SMILES string of the molecule is CCC(=O)Nc1c2c(nn1-c1ccc(C)cc1C)CS(=O)C2. The monoisotopic (exact) mass is 317 g/mol. The molecule has 0 fully saturated rings. The molecule has 1 atom stereocenters. The van der Waals surface area contributed by atoms with Gasteiger partial charge in [0.1, 0.15) is 5.82 Å². The van der Waals surface area contributed by atoms with Gasteiger partial charge in [-0.2, -0.15) is 5.10 Å². The maximum Gasteiger partial charge on any atom is 0.225 e. The molecule has 2 aromatic rings. The molecule has 1 N–H and O–H groups in total. The molecule has 0 spiro atoms. The van der Waals surface area contributed by atoms with Crippen molar-refractivity contribution in [3.63, 3.8) is 0 Å². The van der Waals surface area contributed by atoms with Crippen LogP contribution < -0.4 is 5.32 Å². The first-order valence-electron chi connectivity index (χ1n) is 7.32. The summed E-state index contributed by atoms with van der Waals surface area (Å²) in [7, 11) is -0.916. The Kier molecular flexibility index (Phi) is 3.87. The summed E-state index contributed by atoms with van der Waals surface area (Å²) in [4.78, 5) is 11.9. The van der Waals surface area contributed by atoms with E-state index in [0.29, 0.717) is 23.7 Å². The predicted octanol–water partition coefficient (Wildman–Crippen LogP) is 2.60. The van der Waals surface area contributed by atoms with E-state index in [1.165, 1.54) is 5.56 Å². The number of aryl methyl sites for hydroxylation is 2. The van der Waals surface area contributed by atoms with Crippen molar-refractivity contribution >= 4 is 22.5 Å². The number of amides is 1. The van der Waals surface area contributed by atoms with Crippen LogP contribution >= 0.6 is 0 Å². The van der Waals surface area contributed by atoms with Crippen molar-refractivity contribution in [3.05, 3.63) is 40.6 Å². The molecule has 6 heteroatoms. The van der Waals surface area contributed by atoms with Crippen molar-refractivity contribution in [1.82, 2.24) is 9.78 Å². The van der Waals surface area contributed by atoms with E-state index in [0.717, 1.165) is 22.5 Å². The highest BCUT2D eigenvalue weighted by Gasteiger charge is 2.28. The summed E-state index contributed by atoms with van der Waals surface area (Å²) in [5, 5.41) is 7.53. The van der Waals surface area contributed by atoms with Crippen LogP contribution in [0.2, 0.25) is 0 Å². The fraction of sp³-hybridized carbons (Fsp3) is 0.375. The van der Waals surface area contributed by atoms with Crippen LogP contribution in [-0.2, 0) is 27.1 Å². The molecule has 22 heavy (non-hydrogen) atoms. The molecule has 1 unspecified atom stereocenters. The number of anilines is 1. The molecule has 0 aliphatic carbocycles. The van der Waals surface area contributed by atoms with Crippen molar-refractivity contribution < 1.29 is 9.00 Å². The fourth-order valence-corrected chi connectivity index (χ4v) is 3.96. The lowest BCUT2D eigenvalue weighted by Gasteiger charge is -2.13. The fourth-order valence-electron chi connectivity index (χ4n) is 2.69. The first-order chi connectivity index (χ1) is 10.5. The number of aromatic nitrogens is 2. The van der Waals surface area contributed by atoms with Crippen LogP contribution in [0.1, 0.15) is 35.7 Å². The number of carbonyl (C=O) groups is 1.